The van der Waals surface area contributed by atoms with Crippen molar-refractivity contribution in [1.82, 2.24) is 4.90 Å². The second-order valence-electron chi connectivity index (χ2n) is 23.1. The van der Waals surface area contributed by atoms with Crippen LogP contribution in [0.4, 0.5) is 18.9 Å². The average Bonchev–Trinajstić information content (AvgIpc) is 1.70. The van der Waals surface area contributed by atoms with Crippen molar-refractivity contribution < 1.29 is 75.3 Å². The third-order valence-electron chi connectivity index (χ3n) is 15.5. The van der Waals surface area contributed by atoms with E-state index < -0.39 is 4.92 Å². The van der Waals surface area contributed by atoms with Crippen LogP contribution in [0.15, 0.2) is 127 Å². The molecule has 0 aliphatic carbocycles. The van der Waals surface area contributed by atoms with Crippen molar-refractivity contribution >= 4 is 41.5 Å². The van der Waals surface area contributed by atoms with Crippen LogP contribution in [-0.2, 0) is 82.9 Å². The predicted molar refractivity (Wildman–Crippen MR) is 375 cm³/mol. The molecular formula is C78H111F3N2O14. The second kappa shape index (κ2) is 53.2. The molecule has 0 spiro atoms. The van der Waals surface area contributed by atoms with E-state index in [0.29, 0.717) is 70.9 Å². The molecule has 0 aromatic heterocycles. The molecule has 0 N–H and O–H groups in total. The first-order chi connectivity index (χ1) is 46.7. The van der Waals surface area contributed by atoms with Crippen LogP contribution in [0.1, 0.15) is 194 Å². The lowest BCUT2D eigenvalue weighted by Gasteiger charge is -2.20. The summed E-state index contributed by atoms with van der Waals surface area (Å²) in [6, 6.07) is 35.4. The molecule has 6 rings (SSSR count). The lowest BCUT2D eigenvalue weighted by Crippen LogP contribution is -2.37. The molecule has 1 aliphatic rings. The number of carbonyl (C=O) groups is 6. The molecule has 19 heteroatoms. The van der Waals surface area contributed by atoms with Gasteiger partial charge in [-0.2, -0.15) is 0 Å². The van der Waals surface area contributed by atoms with Crippen molar-refractivity contribution in [3.05, 3.63) is 183 Å². The Balaban J connectivity index is 0.000000585. The highest BCUT2D eigenvalue weighted by Gasteiger charge is 2.30. The van der Waals surface area contributed by atoms with E-state index in [4.69, 9.17) is 28.4 Å². The first kappa shape index (κ1) is 87.1. The van der Waals surface area contributed by atoms with Crippen molar-refractivity contribution in [3.8, 4) is 0 Å². The lowest BCUT2D eigenvalue weighted by atomic mass is 9.95. The van der Waals surface area contributed by atoms with E-state index >= 15 is 0 Å². The van der Waals surface area contributed by atoms with Gasteiger partial charge in [-0.15, -0.1) is 0 Å². The lowest BCUT2D eigenvalue weighted by molar-refractivity contribution is -0.384. The highest BCUT2D eigenvalue weighted by Crippen LogP contribution is 2.25. The zero-order valence-electron chi connectivity index (χ0n) is 59.8. The Hall–Kier alpha value is -7.93. The van der Waals surface area contributed by atoms with Gasteiger partial charge in [-0.3, -0.25) is 43.8 Å². The van der Waals surface area contributed by atoms with Crippen molar-refractivity contribution in [2.75, 3.05) is 52.7 Å². The molecule has 1 heterocycles. The molecule has 0 saturated carbocycles. The number of likely N-dealkylation sites (N-methyl/N-ethyl adjacent to an activating group) is 1. The van der Waals surface area contributed by atoms with Gasteiger partial charge in [-0.25, -0.2) is 13.2 Å². The molecule has 16 nitrogen and oxygen atoms in total. The summed E-state index contributed by atoms with van der Waals surface area (Å²) in [4.78, 5) is 82.3. The molecule has 1 fully saturated rings. The Morgan fingerprint density at radius 2 is 0.866 bits per heavy atom. The van der Waals surface area contributed by atoms with Gasteiger partial charge >= 0.3 is 35.8 Å². The van der Waals surface area contributed by atoms with Crippen molar-refractivity contribution in [3.63, 3.8) is 0 Å². The van der Waals surface area contributed by atoms with Crippen molar-refractivity contribution in [1.29, 1.82) is 0 Å². The third kappa shape index (κ3) is 36.3. The van der Waals surface area contributed by atoms with Gasteiger partial charge in [0.1, 0.15) is 23.5 Å². The Labute approximate surface area is 576 Å². The second-order valence-corrected chi connectivity index (χ2v) is 23.1. The highest BCUT2D eigenvalue weighted by atomic mass is 19.1. The number of non-ortho nitro benzene ring substituents is 1. The summed E-state index contributed by atoms with van der Waals surface area (Å²) in [5.41, 5.74) is 4.43. The molecule has 0 bridgehead atoms. The van der Waals surface area contributed by atoms with E-state index in [2.05, 4.69) is 18.7 Å². The fourth-order valence-corrected chi connectivity index (χ4v) is 10.8. The van der Waals surface area contributed by atoms with Crippen molar-refractivity contribution in [2.24, 2.45) is 23.7 Å². The normalized spacial score (nSPS) is 13.6. The topological polar surface area (TPSA) is 204 Å². The van der Waals surface area contributed by atoms with Crippen LogP contribution in [0.25, 0.3) is 0 Å². The third-order valence-corrected chi connectivity index (χ3v) is 15.5. The molecule has 1 aliphatic heterocycles. The number of esters is 6. The molecule has 5 aromatic carbocycles. The number of nitro groups is 1. The number of benzene rings is 5. The molecule has 1 saturated heterocycles. The summed E-state index contributed by atoms with van der Waals surface area (Å²) >= 11 is 0. The SMILES string of the molecule is CCCC(C(=O)OCC)c1ccccc1.CCC[C@@H](Cc1ccc(F)cc1)C(=O)OCC.CCC[C@@H](Cc1ccc([N+](=O)[O-])cc1)C(=O)OCC.CCC[C@@H](Cc1cccc(F)c1)C(=O)OCC.CCC[C@@H](Cc1ccccc1F)C(=O)OCC.CCOC(=O)[C@@H]1CCCN1CC. The van der Waals surface area contributed by atoms with E-state index in [0.717, 1.165) is 112 Å². The Bertz CT molecular complexity index is 2970. The molecule has 6 atom stereocenters. The van der Waals surface area contributed by atoms with Gasteiger partial charge in [0.05, 0.1) is 74.2 Å². The van der Waals surface area contributed by atoms with Crippen molar-refractivity contribution in [2.45, 2.75) is 198 Å². The van der Waals surface area contributed by atoms with Gasteiger partial charge in [0.25, 0.3) is 5.69 Å². The standard InChI is InChI=1S/3C14H19FO2.C14H19NO4.C13H18O2.C9H17NO2/c1-3-7-12(14(16)17-4-2)10-11-8-5-6-9-13(11)15;1-3-6-12(14(16)17-4-2)9-11-7-5-8-13(15)10-11;1-3-5-12(14(16)17-4-2)10-11-6-8-13(15)9-7-11;1-3-5-12(14(16)19-4-2)10-11-6-8-13(9-7-11)15(17)18;1-3-8-12(13(14)15-4-2)11-9-6-5-7-10-11;1-3-10-7-5-6-8(10)9(11)12-4-2/h5-6,8-9,12H,3-4,7,10H2,1-2H3;5,7-8,10,12H,3-4,6,9H2,1-2H3;6-9,12H,3-5,10H2,1-2H3;6-9,12H,3-5,10H2,1-2H3;5-7,9-10,12H,3-4,8H2,1-2H3;8H,3-7H2,1-2H3/t4*12-;;8-/m0000.0/s1. The molecule has 5 aromatic rings. The van der Waals surface area contributed by atoms with Crippen LogP contribution in [0.2, 0.25) is 0 Å². The number of rotatable bonds is 33. The zero-order valence-corrected chi connectivity index (χ0v) is 59.8. The summed E-state index contributed by atoms with van der Waals surface area (Å²) < 4.78 is 69.4. The summed E-state index contributed by atoms with van der Waals surface area (Å²) in [5.74, 6) is -2.47. The van der Waals surface area contributed by atoms with E-state index in [1.165, 1.54) is 42.5 Å². The minimum atomic E-state index is -0.432. The van der Waals surface area contributed by atoms with E-state index in [9.17, 15) is 52.1 Å². The molecule has 0 amide bonds. The largest absolute Gasteiger partial charge is 0.466 e. The van der Waals surface area contributed by atoms with Crippen LogP contribution >= 0.6 is 0 Å². The monoisotopic (exact) mass is 1360 g/mol. The maximum atomic E-state index is 13.5. The fraction of sp³-hybridized carbons (Fsp3) is 0.538. The fourth-order valence-electron chi connectivity index (χ4n) is 10.8. The summed E-state index contributed by atoms with van der Waals surface area (Å²) in [6.45, 7) is 27.6. The highest BCUT2D eigenvalue weighted by molar-refractivity contribution is 5.78. The predicted octanol–water partition coefficient (Wildman–Crippen LogP) is 17.3. The number of likely N-dealkylation sites (tertiary alicyclic amines) is 1. The Morgan fingerprint density at radius 3 is 1.28 bits per heavy atom. The van der Waals surface area contributed by atoms with Gasteiger partial charge in [-0.1, -0.05) is 159 Å². The number of halogens is 3. The Morgan fingerprint density at radius 1 is 0.454 bits per heavy atom. The smallest absolute Gasteiger partial charge is 0.323 e. The van der Waals surface area contributed by atoms with Crippen LogP contribution in [0.5, 0.6) is 0 Å². The molecule has 0 radical (unpaired) electrons. The van der Waals surface area contributed by atoms with Crippen LogP contribution in [-0.4, -0.2) is 104 Å². The number of hydrogen-bond donors (Lipinski definition) is 0. The number of nitrogens with zero attached hydrogens (tertiary/aromatic N) is 2. The first-order valence-electron chi connectivity index (χ1n) is 34.9. The summed E-state index contributed by atoms with van der Waals surface area (Å²) in [7, 11) is 0. The van der Waals surface area contributed by atoms with Gasteiger partial charge < -0.3 is 28.4 Å². The van der Waals surface area contributed by atoms with Crippen LogP contribution in [0.3, 0.4) is 0 Å². The average molecular weight is 1360 g/mol. The molecule has 538 valence electrons. The minimum absolute atomic E-state index is 0.0370. The minimum Gasteiger partial charge on any atom is -0.466 e. The van der Waals surface area contributed by atoms with Gasteiger partial charge in [-0.05, 0) is 183 Å². The number of hydrogen-bond acceptors (Lipinski definition) is 15. The summed E-state index contributed by atoms with van der Waals surface area (Å²) in [5, 5.41) is 10.6. The maximum absolute atomic E-state index is 13.5. The van der Waals surface area contributed by atoms with E-state index in [1.54, 1.807) is 76.2 Å². The van der Waals surface area contributed by atoms with E-state index in [1.807, 2.05) is 77.9 Å². The van der Waals surface area contributed by atoms with Crippen LogP contribution < -0.4 is 0 Å². The van der Waals surface area contributed by atoms with Gasteiger partial charge in [0, 0.05) is 12.1 Å². The van der Waals surface area contributed by atoms with E-state index in [-0.39, 0.29) is 94.6 Å². The first-order valence-corrected chi connectivity index (χ1v) is 34.9. The Kier molecular flexibility index (Phi) is 47.7. The quantitative estimate of drug-likeness (QED) is 0.0166. The maximum Gasteiger partial charge on any atom is 0.323 e. The zero-order chi connectivity index (χ0) is 72.3. The molecular weight excluding hydrogens is 1250 g/mol. The summed E-state index contributed by atoms with van der Waals surface area (Å²) in [6.07, 6.45) is 12.8. The molecule has 1 unspecified atom stereocenters. The van der Waals surface area contributed by atoms with Gasteiger partial charge in [0.2, 0.25) is 0 Å². The van der Waals surface area contributed by atoms with Crippen LogP contribution in [0, 0.1) is 51.2 Å². The number of nitro benzene ring substituents is 1. The number of carbonyl (C=O) groups excluding carboxylic acids is 6. The molecule has 97 heavy (non-hydrogen) atoms. The van der Waals surface area contributed by atoms with Gasteiger partial charge in [0.15, 0.2) is 0 Å². The number of ether oxygens (including phenoxy) is 6.